The zero-order valence-electron chi connectivity index (χ0n) is 14.2. The van der Waals surface area contributed by atoms with Crippen molar-refractivity contribution in [2.75, 3.05) is 26.0 Å². The first kappa shape index (κ1) is 17.4. The smallest absolute Gasteiger partial charge is 0.242 e. The lowest BCUT2D eigenvalue weighted by molar-refractivity contribution is -0.115. The predicted octanol–water partition coefficient (Wildman–Crippen LogP) is 2.05. The molecular formula is C18H20N2O4S. The molecule has 0 fully saturated rings. The van der Waals surface area contributed by atoms with Crippen molar-refractivity contribution in [1.82, 2.24) is 4.31 Å². The lowest BCUT2D eigenvalue weighted by Crippen LogP contribution is -2.29. The molecule has 0 bridgehead atoms. The van der Waals surface area contributed by atoms with Crippen LogP contribution in [0.15, 0.2) is 47.4 Å². The molecule has 1 amide bonds. The van der Waals surface area contributed by atoms with Crippen LogP contribution in [0.5, 0.6) is 5.75 Å². The van der Waals surface area contributed by atoms with Gasteiger partial charge >= 0.3 is 0 Å². The van der Waals surface area contributed by atoms with Gasteiger partial charge in [0.05, 0.1) is 18.4 Å². The second-order valence-corrected chi connectivity index (χ2v) is 7.98. The average Bonchev–Trinajstić information content (AvgIpc) is 2.98. The van der Waals surface area contributed by atoms with Gasteiger partial charge in [0.2, 0.25) is 15.9 Å². The molecule has 1 heterocycles. The Labute approximate surface area is 147 Å². The van der Waals surface area contributed by atoms with E-state index in [0.29, 0.717) is 24.2 Å². The van der Waals surface area contributed by atoms with Crippen LogP contribution in [0.4, 0.5) is 5.69 Å². The summed E-state index contributed by atoms with van der Waals surface area (Å²) in [6, 6.07) is 12.3. The third-order valence-corrected chi connectivity index (χ3v) is 6.15. The summed E-state index contributed by atoms with van der Waals surface area (Å²) in [6.07, 6.45) is 0.758. The Balaban J connectivity index is 1.76. The van der Waals surface area contributed by atoms with Gasteiger partial charge in [0.1, 0.15) is 5.75 Å². The first-order valence-corrected chi connectivity index (χ1v) is 9.37. The van der Waals surface area contributed by atoms with Crippen LogP contribution in [0.25, 0.3) is 0 Å². The summed E-state index contributed by atoms with van der Waals surface area (Å²) in [5.74, 6) is 0.629. The number of carbonyl (C=O) groups excluding carboxylic acids is 1. The number of fused-ring (bicyclic) bond motifs is 1. The van der Waals surface area contributed by atoms with Crippen molar-refractivity contribution in [3.8, 4) is 5.75 Å². The summed E-state index contributed by atoms with van der Waals surface area (Å²) >= 11 is 0. The SMILES string of the molecule is COc1ccccc1CCN(C)S(=O)(=O)c1ccc2c(c1)CC(=O)N2. The van der Waals surface area contributed by atoms with Crippen LogP contribution in [-0.4, -0.2) is 39.3 Å². The lowest BCUT2D eigenvalue weighted by atomic mass is 10.1. The summed E-state index contributed by atoms with van der Waals surface area (Å²) in [5, 5.41) is 2.70. The number of hydrogen-bond donors (Lipinski definition) is 1. The van der Waals surface area contributed by atoms with Crippen LogP contribution in [-0.2, 0) is 27.7 Å². The number of carbonyl (C=O) groups is 1. The standard InChI is InChI=1S/C18H20N2O4S/c1-20(10-9-13-5-3-4-6-17(13)24-2)25(22,23)15-7-8-16-14(11-15)12-18(21)19-16/h3-8,11H,9-10,12H2,1-2H3,(H,19,21). The van der Waals surface area contributed by atoms with Crippen molar-refractivity contribution in [2.45, 2.75) is 17.7 Å². The maximum absolute atomic E-state index is 12.8. The third kappa shape index (κ3) is 3.52. The van der Waals surface area contributed by atoms with Gasteiger partial charge in [-0.3, -0.25) is 4.79 Å². The van der Waals surface area contributed by atoms with Gasteiger partial charge in [0.15, 0.2) is 0 Å². The van der Waals surface area contributed by atoms with Gasteiger partial charge in [0.25, 0.3) is 0 Å². The number of amides is 1. The number of hydrogen-bond acceptors (Lipinski definition) is 4. The van der Waals surface area contributed by atoms with Crippen LogP contribution in [0, 0.1) is 0 Å². The molecule has 6 nitrogen and oxygen atoms in total. The summed E-state index contributed by atoms with van der Waals surface area (Å²) in [5.41, 5.74) is 2.35. The Bertz CT molecular complexity index is 909. The molecule has 3 rings (SSSR count). The highest BCUT2D eigenvalue weighted by Gasteiger charge is 2.25. The fraction of sp³-hybridized carbons (Fsp3) is 0.278. The van der Waals surface area contributed by atoms with Gasteiger partial charge in [-0.15, -0.1) is 0 Å². The minimum absolute atomic E-state index is 0.117. The topological polar surface area (TPSA) is 75.7 Å². The second kappa shape index (κ2) is 6.85. The van der Waals surface area contributed by atoms with Crippen LogP contribution >= 0.6 is 0 Å². The number of para-hydroxylation sites is 1. The molecule has 1 aliphatic rings. The monoisotopic (exact) mass is 360 g/mol. The van der Waals surface area contributed by atoms with E-state index in [-0.39, 0.29) is 17.2 Å². The van der Waals surface area contributed by atoms with Gasteiger partial charge in [0, 0.05) is 19.3 Å². The molecule has 0 atom stereocenters. The maximum atomic E-state index is 12.8. The zero-order valence-corrected chi connectivity index (χ0v) is 15.0. The molecule has 1 aliphatic heterocycles. The van der Waals surface area contributed by atoms with Gasteiger partial charge < -0.3 is 10.1 Å². The highest BCUT2D eigenvalue weighted by Crippen LogP contribution is 2.27. The fourth-order valence-electron chi connectivity index (χ4n) is 2.85. The zero-order chi connectivity index (χ0) is 18.0. The van der Waals surface area contributed by atoms with Crippen molar-refractivity contribution in [1.29, 1.82) is 0 Å². The Morgan fingerprint density at radius 3 is 2.72 bits per heavy atom. The molecule has 0 spiro atoms. The van der Waals surface area contributed by atoms with Crippen LogP contribution in [0.1, 0.15) is 11.1 Å². The molecule has 2 aromatic carbocycles. The highest BCUT2D eigenvalue weighted by atomic mass is 32.2. The second-order valence-electron chi connectivity index (χ2n) is 5.93. The van der Waals surface area contributed by atoms with Gasteiger partial charge in [-0.2, -0.15) is 0 Å². The number of anilines is 1. The molecule has 0 aromatic heterocycles. The molecule has 1 N–H and O–H groups in total. The summed E-state index contributed by atoms with van der Waals surface area (Å²) in [4.78, 5) is 11.6. The number of sulfonamides is 1. The van der Waals surface area contributed by atoms with E-state index in [0.717, 1.165) is 11.3 Å². The van der Waals surface area contributed by atoms with E-state index in [9.17, 15) is 13.2 Å². The first-order chi connectivity index (χ1) is 11.9. The number of benzene rings is 2. The predicted molar refractivity (Wildman–Crippen MR) is 95.3 cm³/mol. The van der Waals surface area contributed by atoms with Crippen molar-refractivity contribution in [3.05, 3.63) is 53.6 Å². The highest BCUT2D eigenvalue weighted by molar-refractivity contribution is 7.89. The molecule has 132 valence electrons. The van der Waals surface area contributed by atoms with Crippen LogP contribution in [0.3, 0.4) is 0 Å². The summed E-state index contributed by atoms with van der Waals surface area (Å²) < 4.78 is 32.2. The summed E-state index contributed by atoms with van der Waals surface area (Å²) in [6.45, 7) is 0.330. The quantitative estimate of drug-likeness (QED) is 0.855. The molecule has 7 heteroatoms. The van der Waals surface area contributed by atoms with Crippen molar-refractivity contribution >= 4 is 21.6 Å². The van der Waals surface area contributed by atoms with E-state index in [4.69, 9.17) is 4.74 Å². The average molecular weight is 360 g/mol. The van der Waals surface area contributed by atoms with Gasteiger partial charge in [-0.25, -0.2) is 12.7 Å². The van der Waals surface area contributed by atoms with E-state index >= 15 is 0 Å². The number of nitrogens with zero attached hydrogens (tertiary/aromatic N) is 1. The molecule has 0 radical (unpaired) electrons. The molecule has 0 unspecified atom stereocenters. The van der Waals surface area contributed by atoms with Gasteiger partial charge in [-0.1, -0.05) is 18.2 Å². The van der Waals surface area contributed by atoms with E-state index in [1.54, 1.807) is 26.3 Å². The number of ether oxygens (including phenoxy) is 1. The van der Waals surface area contributed by atoms with Crippen LogP contribution in [0.2, 0.25) is 0 Å². The Morgan fingerprint density at radius 1 is 1.20 bits per heavy atom. The van der Waals surface area contributed by atoms with E-state index in [2.05, 4.69) is 5.32 Å². The third-order valence-electron chi connectivity index (χ3n) is 4.30. The first-order valence-electron chi connectivity index (χ1n) is 7.93. The number of rotatable bonds is 6. The molecular weight excluding hydrogens is 340 g/mol. The Kier molecular flexibility index (Phi) is 4.78. The number of nitrogens with one attached hydrogen (secondary N) is 1. The van der Waals surface area contributed by atoms with Crippen molar-refractivity contribution < 1.29 is 17.9 Å². The number of likely N-dealkylation sites (N-methyl/N-ethyl adjacent to an activating group) is 1. The summed E-state index contributed by atoms with van der Waals surface area (Å²) in [7, 11) is -0.461. The van der Waals surface area contributed by atoms with Crippen LogP contribution < -0.4 is 10.1 Å². The molecule has 25 heavy (non-hydrogen) atoms. The largest absolute Gasteiger partial charge is 0.496 e. The Morgan fingerprint density at radius 2 is 1.96 bits per heavy atom. The van der Waals surface area contributed by atoms with Crippen molar-refractivity contribution in [2.24, 2.45) is 0 Å². The minimum Gasteiger partial charge on any atom is -0.496 e. The van der Waals surface area contributed by atoms with Gasteiger partial charge in [-0.05, 0) is 41.8 Å². The van der Waals surface area contributed by atoms with E-state index in [1.807, 2.05) is 24.3 Å². The maximum Gasteiger partial charge on any atom is 0.242 e. The normalized spacial score (nSPS) is 13.6. The fourth-order valence-corrected chi connectivity index (χ4v) is 4.08. The molecule has 0 aliphatic carbocycles. The van der Waals surface area contributed by atoms with Crippen molar-refractivity contribution in [3.63, 3.8) is 0 Å². The van der Waals surface area contributed by atoms with E-state index < -0.39 is 10.0 Å². The lowest BCUT2D eigenvalue weighted by Gasteiger charge is -2.18. The minimum atomic E-state index is -3.61. The van der Waals surface area contributed by atoms with E-state index in [1.165, 1.54) is 10.4 Å². The Hall–Kier alpha value is -2.38. The molecule has 0 saturated heterocycles. The molecule has 2 aromatic rings. The number of methoxy groups -OCH3 is 1. The molecule has 0 saturated carbocycles.